The lowest BCUT2D eigenvalue weighted by atomic mass is 10.2. The Morgan fingerprint density at radius 2 is 2.10 bits per heavy atom. The van der Waals surface area contributed by atoms with Gasteiger partial charge in [-0.05, 0) is 31.2 Å². The highest BCUT2D eigenvalue weighted by molar-refractivity contribution is 8.00. The van der Waals surface area contributed by atoms with E-state index < -0.39 is 17.0 Å². The van der Waals surface area contributed by atoms with Crippen LogP contribution in [0.15, 0.2) is 30.3 Å². The topological polar surface area (TPSA) is 64.6 Å². The first-order valence-corrected chi connectivity index (χ1v) is 7.62. The van der Waals surface area contributed by atoms with Crippen molar-refractivity contribution in [3.05, 3.63) is 35.9 Å². The maximum Gasteiger partial charge on any atom is 0.516 e. The Morgan fingerprint density at radius 3 is 2.70 bits per heavy atom. The van der Waals surface area contributed by atoms with Crippen LogP contribution in [0.3, 0.4) is 0 Å². The van der Waals surface area contributed by atoms with Gasteiger partial charge in [0, 0.05) is 0 Å². The molecule has 0 aromatic heterocycles. The highest BCUT2D eigenvalue weighted by Crippen LogP contribution is 2.31. The summed E-state index contributed by atoms with van der Waals surface area (Å²) < 4.78 is 9.70. The van der Waals surface area contributed by atoms with Crippen LogP contribution in [0.5, 0.6) is 0 Å². The molecule has 1 aromatic carbocycles. The smallest absolute Gasteiger partial charge is 0.429 e. The highest BCUT2D eigenvalue weighted by atomic mass is 32.2. The van der Waals surface area contributed by atoms with Gasteiger partial charge in [-0.1, -0.05) is 30.3 Å². The van der Waals surface area contributed by atoms with Gasteiger partial charge in [0.1, 0.15) is 6.61 Å². The molecular weight excluding hydrogens is 278 g/mol. The molecule has 0 aliphatic carbocycles. The summed E-state index contributed by atoms with van der Waals surface area (Å²) in [6, 6.07) is 9.23. The van der Waals surface area contributed by atoms with Crippen molar-refractivity contribution in [1.82, 2.24) is 5.32 Å². The fourth-order valence-corrected chi connectivity index (χ4v) is 2.86. The van der Waals surface area contributed by atoms with Gasteiger partial charge < -0.3 is 9.47 Å². The molecule has 1 fully saturated rings. The number of carbonyl (C=O) groups excluding carboxylic acids is 2. The summed E-state index contributed by atoms with van der Waals surface area (Å²) in [5.41, 5.74) is 0.843. The van der Waals surface area contributed by atoms with Crippen molar-refractivity contribution < 1.29 is 19.1 Å². The van der Waals surface area contributed by atoms with Gasteiger partial charge in [0.15, 0.2) is 4.87 Å². The molecule has 1 atom stereocenters. The molecular formula is C14H17NO4S. The minimum atomic E-state index is -0.957. The van der Waals surface area contributed by atoms with Crippen LogP contribution < -0.4 is 5.32 Å². The molecule has 1 saturated heterocycles. The lowest BCUT2D eigenvalue weighted by molar-refractivity contribution is -0.143. The molecule has 1 N–H and O–H groups in total. The van der Waals surface area contributed by atoms with E-state index in [-0.39, 0.29) is 6.61 Å². The van der Waals surface area contributed by atoms with Crippen LogP contribution in [0.2, 0.25) is 0 Å². The minimum Gasteiger partial charge on any atom is -0.429 e. The van der Waals surface area contributed by atoms with Gasteiger partial charge in [0.05, 0.1) is 0 Å². The van der Waals surface area contributed by atoms with E-state index >= 15 is 0 Å². The first-order valence-electron chi connectivity index (χ1n) is 6.39. The van der Waals surface area contributed by atoms with E-state index in [0.29, 0.717) is 6.42 Å². The summed E-state index contributed by atoms with van der Waals surface area (Å²) in [5.74, 6) is -0.583. The van der Waals surface area contributed by atoms with Crippen molar-refractivity contribution in [3.63, 3.8) is 0 Å². The Kier molecular flexibility index (Phi) is 5.03. The Morgan fingerprint density at radius 1 is 1.35 bits per heavy atom. The molecule has 0 saturated carbocycles. The van der Waals surface area contributed by atoms with Gasteiger partial charge in [-0.25, -0.2) is 9.59 Å². The second-order valence-electron chi connectivity index (χ2n) is 4.48. The maximum atomic E-state index is 12.0. The van der Waals surface area contributed by atoms with Crippen LogP contribution in [0.1, 0.15) is 18.4 Å². The lowest BCUT2D eigenvalue weighted by Gasteiger charge is -2.23. The van der Waals surface area contributed by atoms with Crippen molar-refractivity contribution in [2.24, 2.45) is 0 Å². The van der Waals surface area contributed by atoms with Gasteiger partial charge in [-0.3, -0.25) is 5.32 Å². The number of hydrogen-bond donors (Lipinski definition) is 1. The Labute approximate surface area is 122 Å². The van der Waals surface area contributed by atoms with Crippen molar-refractivity contribution >= 4 is 23.9 Å². The largest absolute Gasteiger partial charge is 0.516 e. The van der Waals surface area contributed by atoms with Crippen LogP contribution in [0.25, 0.3) is 0 Å². The van der Waals surface area contributed by atoms with Crippen LogP contribution in [0, 0.1) is 0 Å². The Balaban J connectivity index is 1.83. The quantitative estimate of drug-likeness (QED) is 0.679. The SMILES string of the molecule is CS[C@@]1(C(=O)OC(=O)OCc2ccccc2)CCCN1. The first-order chi connectivity index (χ1) is 9.66. The zero-order valence-corrected chi connectivity index (χ0v) is 12.1. The van der Waals surface area contributed by atoms with E-state index in [9.17, 15) is 9.59 Å². The molecule has 5 nitrogen and oxygen atoms in total. The standard InChI is InChI=1S/C14H17NO4S/c1-20-14(8-5-9-15-14)12(16)19-13(17)18-10-11-6-3-2-4-7-11/h2-4,6-7,15H,5,8-10H2,1H3/t14-/m1/s1. The van der Waals surface area contributed by atoms with Crippen molar-refractivity contribution in [2.75, 3.05) is 12.8 Å². The van der Waals surface area contributed by atoms with E-state index in [1.54, 1.807) is 0 Å². The summed E-state index contributed by atoms with van der Waals surface area (Å²) in [7, 11) is 0. The van der Waals surface area contributed by atoms with E-state index in [1.165, 1.54) is 11.8 Å². The molecule has 1 heterocycles. The highest BCUT2D eigenvalue weighted by Gasteiger charge is 2.43. The van der Waals surface area contributed by atoms with Crippen LogP contribution in [-0.2, 0) is 20.9 Å². The summed E-state index contributed by atoms with van der Waals surface area (Å²) in [6.07, 6.45) is 2.39. The van der Waals surface area contributed by atoms with Crippen molar-refractivity contribution in [1.29, 1.82) is 0 Å². The van der Waals surface area contributed by atoms with E-state index in [0.717, 1.165) is 18.5 Å². The molecule has 1 aliphatic heterocycles. The third-order valence-electron chi connectivity index (χ3n) is 3.17. The fourth-order valence-electron chi connectivity index (χ4n) is 2.05. The normalized spacial score (nSPS) is 21.4. The minimum absolute atomic E-state index is 0.0899. The second kappa shape index (κ2) is 6.76. The zero-order valence-electron chi connectivity index (χ0n) is 11.3. The third-order valence-corrected chi connectivity index (χ3v) is 4.38. The first kappa shape index (κ1) is 14.9. The van der Waals surface area contributed by atoms with Gasteiger partial charge in [0.25, 0.3) is 0 Å². The Bertz CT molecular complexity index is 471. The molecule has 0 amide bonds. The van der Waals surface area contributed by atoms with Crippen molar-refractivity contribution in [3.8, 4) is 0 Å². The van der Waals surface area contributed by atoms with E-state index in [1.807, 2.05) is 36.6 Å². The third kappa shape index (κ3) is 3.52. The summed E-state index contributed by atoms with van der Waals surface area (Å²) in [6.45, 7) is 0.835. The molecule has 108 valence electrons. The molecule has 0 bridgehead atoms. The molecule has 2 rings (SSSR count). The molecule has 1 aliphatic rings. The van der Waals surface area contributed by atoms with Crippen LogP contribution in [-0.4, -0.2) is 29.8 Å². The number of rotatable bonds is 4. The average molecular weight is 295 g/mol. The number of benzene rings is 1. The second-order valence-corrected chi connectivity index (χ2v) is 5.58. The fraction of sp³-hybridized carbons (Fsp3) is 0.429. The predicted molar refractivity (Wildman–Crippen MR) is 76.2 cm³/mol. The van der Waals surface area contributed by atoms with Gasteiger partial charge in [-0.15, -0.1) is 11.8 Å². The molecule has 6 heteroatoms. The van der Waals surface area contributed by atoms with Crippen molar-refractivity contribution in [2.45, 2.75) is 24.3 Å². The number of esters is 1. The van der Waals surface area contributed by atoms with Gasteiger partial charge in [-0.2, -0.15) is 0 Å². The number of hydrogen-bond acceptors (Lipinski definition) is 6. The maximum absolute atomic E-state index is 12.0. The number of carbonyl (C=O) groups is 2. The molecule has 0 unspecified atom stereocenters. The van der Waals surface area contributed by atoms with E-state index in [2.05, 4.69) is 5.32 Å². The molecule has 20 heavy (non-hydrogen) atoms. The van der Waals surface area contributed by atoms with Gasteiger partial charge in [0.2, 0.25) is 0 Å². The average Bonchev–Trinajstić information content (AvgIpc) is 2.96. The number of ether oxygens (including phenoxy) is 2. The lowest BCUT2D eigenvalue weighted by Crippen LogP contribution is -2.46. The summed E-state index contributed by atoms with van der Waals surface area (Å²) in [5, 5.41) is 3.08. The van der Waals surface area contributed by atoms with E-state index in [4.69, 9.17) is 9.47 Å². The van der Waals surface area contributed by atoms with Crippen LogP contribution >= 0.6 is 11.8 Å². The Hall–Kier alpha value is -1.53. The number of nitrogens with one attached hydrogen (secondary N) is 1. The molecule has 0 radical (unpaired) electrons. The molecule has 1 aromatic rings. The monoisotopic (exact) mass is 295 g/mol. The molecule has 0 spiro atoms. The van der Waals surface area contributed by atoms with Gasteiger partial charge >= 0.3 is 12.1 Å². The van der Waals surface area contributed by atoms with Crippen LogP contribution in [0.4, 0.5) is 4.79 Å². The predicted octanol–water partition coefficient (Wildman–Crippen LogP) is 2.31. The summed E-state index contributed by atoms with van der Waals surface area (Å²) >= 11 is 1.35. The number of thioether (sulfide) groups is 1. The zero-order chi connectivity index (χ0) is 14.4. The summed E-state index contributed by atoms with van der Waals surface area (Å²) in [4.78, 5) is 22.7.